The minimum atomic E-state index is -0.280. The van der Waals surface area contributed by atoms with E-state index in [2.05, 4.69) is 15.6 Å². The smallest absolute Gasteiger partial charge is 0.319 e. The number of benzene rings is 1. The van der Waals surface area contributed by atoms with Crippen molar-refractivity contribution in [2.45, 2.75) is 39.2 Å². The minimum absolute atomic E-state index is 0.0662. The van der Waals surface area contributed by atoms with Crippen molar-refractivity contribution in [3.63, 3.8) is 0 Å². The number of carbonyl (C=O) groups is 1. The molecule has 0 unspecified atom stereocenters. The lowest BCUT2D eigenvalue weighted by atomic mass is 10.1. The summed E-state index contributed by atoms with van der Waals surface area (Å²) in [7, 11) is 0. The van der Waals surface area contributed by atoms with Crippen LogP contribution in [0.2, 0.25) is 0 Å². The molecule has 1 aromatic carbocycles. The third-order valence-electron chi connectivity index (χ3n) is 4.16. The maximum Gasteiger partial charge on any atom is 0.319 e. The van der Waals surface area contributed by atoms with E-state index in [0.717, 1.165) is 35.3 Å². The maximum absolute atomic E-state index is 12.0. The molecule has 0 bridgehead atoms. The van der Waals surface area contributed by atoms with E-state index in [-0.39, 0.29) is 11.6 Å². The fourth-order valence-corrected chi connectivity index (χ4v) is 2.62. The van der Waals surface area contributed by atoms with Crippen LogP contribution < -0.4 is 16.2 Å². The second kappa shape index (κ2) is 6.86. The third-order valence-corrected chi connectivity index (χ3v) is 4.16. The van der Waals surface area contributed by atoms with Crippen LogP contribution >= 0.6 is 0 Å². The summed E-state index contributed by atoms with van der Waals surface area (Å²) < 4.78 is 1.52. The Hall–Kier alpha value is -2.63. The molecule has 0 saturated heterocycles. The first-order chi connectivity index (χ1) is 11.5. The molecule has 0 aliphatic heterocycles. The number of urea groups is 1. The zero-order valence-corrected chi connectivity index (χ0v) is 14.0. The van der Waals surface area contributed by atoms with Gasteiger partial charge >= 0.3 is 6.03 Å². The Morgan fingerprint density at radius 3 is 2.75 bits per heavy atom. The molecule has 0 atom stereocenters. The van der Waals surface area contributed by atoms with Crippen LogP contribution in [0.15, 0.2) is 35.4 Å². The molecule has 126 valence electrons. The number of anilines is 1. The highest BCUT2D eigenvalue weighted by Crippen LogP contribution is 2.38. The number of carbonyl (C=O) groups excluding carboxylic acids is 1. The fourth-order valence-electron chi connectivity index (χ4n) is 2.62. The van der Waals surface area contributed by atoms with Crippen molar-refractivity contribution in [2.75, 3.05) is 11.9 Å². The van der Waals surface area contributed by atoms with Crippen LogP contribution in [0.1, 0.15) is 35.6 Å². The van der Waals surface area contributed by atoms with E-state index >= 15 is 0 Å². The van der Waals surface area contributed by atoms with Crippen molar-refractivity contribution in [2.24, 2.45) is 0 Å². The van der Waals surface area contributed by atoms with Gasteiger partial charge in [-0.15, -0.1) is 0 Å². The fraction of sp³-hybridized carbons (Fsp3) is 0.389. The summed E-state index contributed by atoms with van der Waals surface area (Å²) in [6.07, 6.45) is 3.81. The highest BCUT2D eigenvalue weighted by Gasteiger charge is 2.25. The third kappa shape index (κ3) is 4.01. The Balaban J connectivity index is 1.50. The summed E-state index contributed by atoms with van der Waals surface area (Å²) in [5.74, 6) is 0.467. The first kappa shape index (κ1) is 16.2. The molecule has 1 fully saturated rings. The van der Waals surface area contributed by atoms with Crippen LogP contribution in [-0.2, 0) is 6.54 Å². The van der Waals surface area contributed by atoms with E-state index in [9.17, 15) is 9.59 Å². The zero-order chi connectivity index (χ0) is 17.1. The van der Waals surface area contributed by atoms with E-state index in [1.165, 1.54) is 4.57 Å². The van der Waals surface area contributed by atoms with Crippen molar-refractivity contribution in [1.29, 1.82) is 0 Å². The minimum Gasteiger partial charge on any atom is -0.336 e. The van der Waals surface area contributed by atoms with Gasteiger partial charge in [-0.25, -0.2) is 9.78 Å². The number of aromatic nitrogens is 2. The molecule has 2 aromatic rings. The molecular formula is C18H22N4O2. The maximum atomic E-state index is 12.0. The van der Waals surface area contributed by atoms with E-state index in [1.54, 1.807) is 12.4 Å². The van der Waals surface area contributed by atoms with E-state index in [0.29, 0.717) is 19.0 Å². The summed E-state index contributed by atoms with van der Waals surface area (Å²) in [6, 6.07) is 7.18. The SMILES string of the molecule is Cc1ccc(NC(=O)NCCn2cnc(C3CC3)cc2=O)c(C)c1. The van der Waals surface area contributed by atoms with Gasteiger partial charge in [-0.3, -0.25) is 9.36 Å². The van der Waals surface area contributed by atoms with Gasteiger partial charge in [0.2, 0.25) is 0 Å². The van der Waals surface area contributed by atoms with Crippen LogP contribution in [0.25, 0.3) is 0 Å². The molecule has 0 spiro atoms. The highest BCUT2D eigenvalue weighted by molar-refractivity contribution is 5.90. The number of hydrogen-bond acceptors (Lipinski definition) is 3. The molecule has 1 heterocycles. The van der Waals surface area contributed by atoms with Gasteiger partial charge in [-0.2, -0.15) is 0 Å². The molecule has 3 rings (SSSR count). The number of hydrogen-bond donors (Lipinski definition) is 2. The number of nitrogens with one attached hydrogen (secondary N) is 2. The molecule has 6 heteroatoms. The average Bonchev–Trinajstić information content (AvgIpc) is 3.36. The predicted molar refractivity (Wildman–Crippen MR) is 93.4 cm³/mol. The summed E-state index contributed by atoms with van der Waals surface area (Å²) >= 11 is 0. The van der Waals surface area contributed by atoms with E-state index in [1.807, 2.05) is 32.0 Å². The van der Waals surface area contributed by atoms with Crippen LogP contribution in [0.3, 0.4) is 0 Å². The van der Waals surface area contributed by atoms with E-state index in [4.69, 9.17) is 0 Å². The van der Waals surface area contributed by atoms with Gasteiger partial charge < -0.3 is 10.6 Å². The van der Waals surface area contributed by atoms with Gasteiger partial charge in [-0.05, 0) is 38.3 Å². The quantitative estimate of drug-likeness (QED) is 0.886. The number of aryl methyl sites for hydroxylation is 2. The van der Waals surface area contributed by atoms with Gasteiger partial charge in [0, 0.05) is 30.8 Å². The molecule has 24 heavy (non-hydrogen) atoms. The van der Waals surface area contributed by atoms with Crippen LogP contribution in [0, 0.1) is 13.8 Å². The standard InChI is InChI=1S/C18H22N4O2/c1-12-3-6-15(13(2)9-12)21-18(24)19-7-8-22-11-20-16(10-17(22)23)14-4-5-14/h3,6,9-11,14H,4-5,7-8H2,1-2H3,(H2,19,21,24). The predicted octanol–water partition coefficient (Wildman–Crippen LogP) is 2.56. The Labute approximate surface area is 140 Å². The average molecular weight is 326 g/mol. The Morgan fingerprint density at radius 2 is 2.08 bits per heavy atom. The summed E-state index contributed by atoms with van der Waals surface area (Å²) in [5, 5.41) is 5.58. The van der Waals surface area contributed by atoms with Crippen LogP contribution in [0.4, 0.5) is 10.5 Å². The first-order valence-electron chi connectivity index (χ1n) is 8.21. The number of amides is 2. The normalized spacial score (nSPS) is 13.6. The second-order valence-electron chi connectivity index (χ2n) is 6.32. The number of nitrogens with zero attached hydrogens (tertiary/aromatic N) is 2. The molecule has 1 aliphatic rings. The van der Waals surface area contributed by atoms with Gasteiger partial charge in [0.1, 0.15) is 0 Å². The summed E-state index contributed by atoms with van der Waals surface area (Å²) in [5.41, 5.74) is 3.77. The lowest BCUT2D eigenvalue weighted by molar-refractivity contribution is 0.251. The molecular weight excluding hydrogens is 304 g/mol. The molecule has 2 amide bonds. The molecule has 1 aromatic heterocycles. The topological polar surface area (TPSA) is 76.0 Å². The zero-order valence-electron chi connectivity index (χ0n) is 14.0. The van der Waals surface area contributed by atoms with Crippen molar-refractivity contribution in [3.8, 4) is 0 Å². The van der Waals surface area contributed by atoms with Crippen molar-refractivity contribution in [1.82, 2.24) is 14.9 Å². The lowest BCUT2D eigenvalue weighted by Crippen LogP contribution is -2.34. The molecule has 0 radical (unpaired) electrons. The molecule has 6 nitrogen and oxygen atoms in total. The Kier molecular flexibility index (Phi) is 4.64. The molecule has 1 saturated carbocycles. The van der Waals surface area contributed by atoms with Crippen LogP contribution in [-0.4, -0.2) is 22.1 Å². The van der Waals surface area contributed by atoms with Crippen molar-refractivity contribution < 1.29 is 4.79 Å². The van der Waals surface area contributed by atoms with Gasteiger partial charge in [-0.1, -0.05) is 17.7 Å². The highest BCUT2D eigenvalue weighted by atomic mass is 16.2. The first-order valence-corrected chi connectivity index (χ1v) is 8.21. The van der Waals surface area contributed by atoms with Gasteiger partial charge in [0.15, 0.2) is 0 Å². The summed E-state index contributed by atoms with van der Waals surface area (Å²) in [4.78, 5) is 28.3. The Morgan fingerprint density at radius 1 is 1.29 bits per heavy atom. The lowest BCUT2D eigenvalue weighted by Gasteiger charge is -2.11. The largest absolute Gasteiger partial charge is 0.336 e. The van der Waals surface area contributed by atoms with E-state index < -0.39 is 0 Å². The number of rotatable bonds is 5. The monoisotopic (exact) mass is 326 g/mol. The summed E-state index contributed by atoms with van der Waals surface area (Å²) in [6.45, 7) is 4.73. The van der Waals surface area contributed by atoms with Gasteiger partial charge in [0.05, 0.1) is 12.0 Å². The Bertz CT molecular complexity index is 809. The second-order valence-corrected chi connectivity index (χ2v) is 6.32. The molecule has 1 aliphatic carbocycles. The van der Waals surface area contributed by atoms with Crippen molar-refractivity contribution >= 4 is 11.7 Å². The van der Waals surface area contributed by atoms with Crippen LogP contribution in [0.5, 0.6) is 0 Å². The van der Waals surface area contributed by atoms with Gasteiger partial charge in [0.25, 0.3) is 5.56 Å². The molecule has 2 N–H and O–H groups in total. The van der Waals surface area contributed by atoms with Crippen molar-refractivity contribution in [3.05, 3.63) is 57.8 Å².